The van der Waals surface area contributed by atoms with E-state index >= 15 is 0 Å². The highest BCUT2D eigenvalue weighted by Crippen LogP contribution is 2.28. The van der Waals surface area contributed by atoms with Gasteiger partial charge in [-0.15, -0.1) is 0 Å². The van der Waals surface area contributed by atoms with E-state index in [1.807, 2.05) is 0 Å². The van der Waals surface area contributed by atoms with Crippen molar-refractivity contribution in [1.29, 1.82) is 0 Å². The van der Waals surface area contributed by atoms with Crippen LogP contribution in [0.5, 0.6) is 11.5 Å². The molecule has 10 nitrogen and oxygen atoms in total. The van der Waals surface area contributed by atoms with Crippen LogP contribution in [-0.2, 0) is 23.9 Å². The first-order valence-electron chi connectivity index (χ1n) is 10.0. The molecule has 10 heteroatoms. The van der Waals surface area contributed by atoms with Gasteiger partial charge in [-0.05, 0) is 42.8 Å². The molecule has 0 spiro atoms. The minimum Gasteiger partial charge on any atom is -0.497 e. The van der Waals surface area contributed by atoms with Crippen LogP contribution in [-0.4, -0.2) is 51.7 Å². The van der Waals surface area contributed by atoms with Crippen LogP contribution < -0.4 is 20.1 Å². The molecule has 0 aliphatic carbocycles. The Bertz CT molecular complexity index is 988. The van der Waals surface area contributed by atoms with Gasteiger partial charge < -0.3 is 29.6 Å². The van der Waals surface area contributed by atoms with Crippen molar-refractivity contribution in [1.82, 2.24) is 0 Å². The molecule has 0 saturated carbocycles. The Hall–Kier alpha value is -4.08. The molecule has 0 fully saturated rings. The molecular weight excluding hydrogens is 432 g/mol. The molecule has 0 aliphatic rings. The number of methoxy groups -OCH3 is 3. The van der Waals surface area contributed by atoms with E-state index in [4.69, 9.17) is 14.2 Å². The van der Waals surface area contributed by atoms with Crippen molar-refractivity contribution >= 4 is 35.1 Å². The van der Waals surface area contributed by atoms with Crippen molar-refractivity contribution < 1.29 is 38.1 Å². The normalized spacial score (nSPS) is 10.0. The van der Waals surface area contributed by atoms with Gasteiger partial charge in [-0.2, -0.15) is 0 Å². The summed E-state index contributed by atoms with van der Waals surface area (Å²) in [7, 11) is 4.26. The molecule has 2 aromatic rings. The van der Waals surface area contributed by atoms with Crippen molar-refractivity contribution in [3.63, 3.8) is 0 Å². The lowest BCUT2D eigenvalue weighted by Gasteiger charge is -2.11. The van der Waals surface area contributed by atoms with Crippen LogP contribution in [0.15, 0.2) is 42.5 Å². The number of ether oxygens (including phenoxy) is 4. The van der Waals surface area contributed by atoms with Crippen molar-refractivity contribution in [2.45, 2.75) is 19.3 Å². The smallest absolute Gasteiger partial charge is 0.337 e. The summed E-state index contributed by atoms with van der Waals surface area (Å²) >= 11 is 0. The Kier molecular flexibility index (Phi) is 9.69. The van der Waals surface area contributed by atoms with E-state index in [0.29, 0.717) is 28.4 Å². The number of hydrogen-bond acceptors (Lipinski definition) is 8. The number of carbonyl (C=O) groups excluding carboxylic acids is 4. The first kappa shape index (κ1) is 25.2. The van der Waals surface area contributed by atoms with E-state index in [1.54, 1.807) is 30.3 Å². The summed E-state index contributed by atoms with van der Waals surface area (Å²) < 4.78 is 19.8. The molecule has 0 aromatic heterocycles. The fourth-order valence-corrected chi connectivity index (χ4v) is 2.73. The van der Waals surface area contributed by atoms with Crippen molar-refractivity contribution in [3.05, 3.63) is 48.0 Å². The van der Waals surface area contributed by atoms with E-state index in [9.17, 15) is 19.2 Å². The van der Waals surface area contributed by atoms with Crippen LogP contribution in [0.3, 0.4) is 0 Å². The largest absolute Gasteiger partial charge is 0.497 e. The highest BCUT2D eigenvalue weighted by atomic mass is 16.5. The van der Waals surface area contributed by atoms with Crippen molar-refractivity contribution in [3.8, 4) is 11.5 Å². The van der Waals surface area contributed by atoms with E-state index in [-0.39, 0.29) is 25.2 Å². The van der Waals surface area contributed by atoms with Gasteiger partial charge in [0, 0.05) is 24.6 Å². The zero-order chi connectivity index (χ0) is 24.2. The summed E-state index contributed by atoms with van der Waals surface area (Å²) in [5.41, 5.74) is 1.30. The van der Waals surface area contributed by atoms with Crippen LogP contribution in [0, 0.1) is 0 Å². The maximum absolute atomic E-state index is 12.0. The second-order valence-corrected chi connectivity index (χ2v) is 6.75. The third kappa shape index (κ3) is 8.17. The first-order valence-corrected chi connectivity index (χ1v) is 10.0. The zero-order valence-corrected chi connectivity index (χ0v) is 18.6. The van der Waals surface area contributed by atoms with Gasteiger partial charge in [0.25, 0.3) is 5.91 Å². The number of nitrogens with one attached hydrogen (secondary N) is 2. The Balaban J connectivity index is 1.69. The fraction of sp³-hybridized carbons (Fsp3) is 0.304. The number of rotatable bonds is 11. The SMILES string of the molecule is COC(=O)c1ccc(NC(=O)CCCC(=O)OCC(=O)Nc2ccc(OC)cc2OC)cc1. The third-order valence-electron chi connectivity index (χ3n) is 4.42. The van der Waals surface area contributed by atoms with E-state index < -0.39 is 24.5 Å². The lowest BCUT2D eigenvalue weighted by Crippen LogP contribution is -2.21. The lowest BCUT2D eigenvalue weighted by atomic mass is 10.2. The summed E-state index contributed by atoms with van der Waals surface area (Å²) in [5, 5.41) is 5.26. The predicted molar refractivity (Wildman–Crippen MR) is 119 cm³/mol. The quantitative estimate of drug-likeness (QED) is 0.492. The lowest BCUT2D eigenvalue weighted by molar-refractivity contribution is -0.147. The molecule has 2 amide bonds. The minimum absolute atomic E-state index is 0.0200. The Morgan fingerprint density at radius 2 is 1.55 bits per heavy atom. The van der Waals surface area contributed by atoms with Gasteiger partial charge in [0.15, 0.2) is 6.61 Å². The summed E-state index contributed by atoms with van der Waals surface area (Å²) in [4.78, 5) is 47.3. The number of amides is 2. The van der Waals surface area contributed by atoms with Gasteiger partial charge in [0.05, 0.1) is 32.6 Å². The molecule has 0 atom stereocenters. The molecule has 0 aliphatic heterocycles. The Morgan fingerprint density at radius 3 is 2.18 bits per heavy atom. The molecule has 0 saturated heterocycles. The topological polar surface area (TPSA) is 129 Å². The molecule has 2 N–H and O–H groups in total. The maximum atomic E-state index is 12.0. The molecule has 0 unspecified atom stereocenters. The van der Waals surface area contributed by atoms with Gasteiger partial charge in [-0.1, -0.05) is 0 Å². The monoisotopic (exact) mass is 458 g/mol. The molecule has 2 aromatic carbocycles. The number of anilines is 2. The number of benzene rings is 2. The Morgan fingerprint density at radius 1 is 0.818 bits per heavy atom. The summed E-state index contributed by atoms with van der Waals surface area (Å²) in [6, 6.07) is 11.1. The van der Waals surface area contributed by atoms with Crippen LogP contribution in [0.2, 0.25) is 0 Å². The van der Waals surface area contributed by atoms with Crippen molar-refractivity contribution in [2.75, 3.05) is 38.6 Å². The standard InChI is InChI=1S/C23H26N2O8/c1-30-17-11-12-18(19(13-17)31-2)25-21(27)14-33-22(28)6-4-5-20(26)24-16-9-7-15(8-10-16)23(29)32-3/h7-13H,4-6,14H2,1-3H3,(H,24,26)(H,25,27). The highest BCUT2D eigenvalue weighted by Gasteiger charge is 2.12. The van der Waals surface area contributed by atoms with Gasteiger partial charge in [0.2, 0.25) is 5.91 Å². The molecule has 0 bridgehead atoms. The molecule has 0 radical (unpaired) electrons. The molecule has 33 heavy (non-hydrogen) atoms. The molecule has 2 rings (SSSR count). The van der Waals surface area contributed by atoms with Crippen LogP contribution in [0.1, 0.15) is 29.6 Å². The average molecular weight is 458 g/mol. The Labute approximate surface area is 191 Å². The summed E-state index contributed by atoms with van der Waals surface area (Å²) in [5.74, 6) is -0.915. The van der Waals surface area contributed by atoms with Crippen LogP contribution in [0.25, 0.3) is 0 Å². The van der Waals surface area contributed by atoms with Crippen LogP contribution >= 0.6 is 0 Å². The van der Waals surface area contributed by atoms with Gasteiger partial charge in [-0.3, -0.25) is 14.4 Å². The number of esters is 2. The molecule has 176 valence electrons. The van der Waals surface area contributed by atoms with E-state index in [0.717, 1.165) is 0 Å². The maximum Gasteiger partial charge on any atom is 0.337 e. The number of hydrogen-bond donors (Lipinski definition) is 2. The first-order chi connectivity index (χ1) is 15.9. The van der Waals surface area contributed by atoms with E-state index in [2.05, 4.69) is 15.4 Å². The van der Waals surface area contributed by atoms with Gasteiger partial charge in [-0.25, -0.2) is 4.79 Å². The van der Waals surface area contributed by atoms with Gasteiger partial charge >= 0.3 is 11.9 Å². The fourth-order valence-electron chi connectivity index (χ4n) is 2.73. The third-order valence-corrected chi connectivity index (χ3v) is 4.42. The van der Waals surface area contributed by atoms with E-state index in [1.165, 1.54) is 33.5 Å². The van der Waals surface area contributed by atoms with Crippen LogP contribution in [0.4, 0.5) is 11.4 Å². The number of carbonyl (C=O) groups is 4. The highest BCUT2D eigenvalue weighted by molar-refractivity contribution is 5.95. The summed E-state index contributed by atoms with van der Waals surface area (Å²) in [6.07, 6.45) is 0.315. The summed E-state index contributed by atoms with van der Waals surface area (Å²) in [6.45, 7) is -0.466. The molecular formula is C23H26N2O8. The van der Waals surface area contributed by atoms with Crippen molar-refractivity contribution in [2.24, 2.45) is 0 Å². The average Bonchev–Trinajstić information content (AvgIpc) is 2.83. The molecule has 0 heterocycles. The second-order valence-electron chi connectivity index (χ2n) is 6.75. The van der Waals surface area contributed by atoms with Gasteiger partial charge in [0.1, 0.15) is 11.5 Å². The zero-order valence-electron chi connectivity index (χ0n) is 18.6. The minimum atomic E-state index is -0.595. The second kappa shape index (κ2) is 12.7. The predicted octanol–water partition coefficient (Wildman–Crippen LogP) is 2.78.